The van der Waals surface area contributed by atoms with Gasteiger partial charge in [-0.3, -0.25) is 4.90 Å². The minimum atomic E-state index is -0.217. The number of likely N-dealkylation sites (N-methyl/N-ethyl adjacent to an activating group) is 1. The fourth-order valence-electron chi connectivity index (χ4n) is 2.47. The van der Waals surface area contributed by atoms with Crippen molar-refractivity contribution in [1.82, 2.24) is 4.90 Å². The number of benzene rings is 1. The van der Waals surface area contributed by atoms with Crippen LogP contribution in [0, 0.1) is 11.7 Å². The Labute approximate surface area is 116 Å². The molecule has 0 aliphatic heterocycles. The lowest BCUT2D eigenvalue weighted by atomic mass is 10.0. The summed E-state index contributed by atoms with van der Waals surface area (Å²) in [4.78, 5) is 2.32. The zero-order chi connectivity index (χ0) is 13.3. The van der Waals surface area contributed by atoms with Crippen LogP contribution in [0.3, 0.4) is 0 Å². The second-order valence-electron chi connectivity index (χ2n) is 5.16. The van der Waals surface area contributed by atoms with Gasteiger partial charge in [0, 0.05) is 18.6 Å². The van der Waals surface area contributed by atoms with Gasteiger partial charge in [-0.25, -0.2) is 4.39 Å². The Morgan fingerprint density at radius 2 is 2.17 bits per heavy atom. The van der Waals surface area contributed by atoms with Gasteiger partial charge < -0.3 is 5.73 Å². The molecule has 1 aromatic carbocycles. The van der Waals surface area contributed by atoms with Gasteiger partial charge in [0.05, 0.1) is 4.47 Å². The largest absolute Gasteiger partial charge is 0.329 e. The Morgan fingerprint density at radius 1 is 1.50 bits per heavy atom. The van der Waals surface area contributed by atoms with E-state index in [-0.39, 0.29) is 11.9 Å². The Morgan fingerprint density at radius 3 is 2.67 bits per heavy atom. The van der Waals surface area contributed by atoms with Gasteiger partial charge in [0.2, 0.25) is 0 Å². The molecule has 1 fully saturated rings. The maximum Gasteiger partial charge on any atom is 0.137 e. The summed E-state index contributed by atoms with van der Waals surface area (Å²) in [6.07, 6.45) is 2.57. The molecule has 1 aliphatic rings. The number of nitrogens with two attached hydrogens (primary N) is 1. The first-order valence-corrected chi connectivity index (χ1v) is 7.20. The summed E-state index contributed by atoms with van der Waals surface area (Å²) in [5.74, 6) is 0.525. The molecule has 1 aliphatic carbocycles. The summed E-state index contributed by atoms with van der Waals surface area (Å²) < 4.78 is 13.8. The molecular weight excluding hydrogens is 295 g/mol. The standard InChI is InChI=1S/C14H20BrFN2/c1-9(11-5-6-13(16)12(15)7-11)18(2)14(8-17)10-3-4-10/h5-7,9-10,14H,3-4,8,17H2,1-2H3. The molecule has 0 amide bonds. The van der Waals surface area contributed by atoms with Gasteiger partial charge in [0.15, 0.2) is 0 Å². The maximum atomic E-state index is 13.2. The Bertz CT molecular complexity index is 420. The molecule has 4 heteroatoms. The van der Waals surface area contributed by atoms with E-state index in [1.54, 1.807) is 0 Å². The van der Waals surface area contributed by atoms with E-state index in [0.29, 0.717) is 17.1 Å². The number of halogens is 2. The predicted molar refractivity (Wildman–Crippen MR) is 75.8 cm³/mol. The van der Waals surface area contributed by atoms with Crippen molar-refractivity contribution in [2.75, 3.05) is 13.6 Å². The van der Waals surface area contributed by atoms with Crippen LogP contribution in [0.5, 0.6) is 0 Å². The van der Waals surface area contributed by atoms with Crippen LogP contribution in [0.15, 0.2) is 22.7 Å². The molecule has 18 heavy (non-hydrogen) atoms. The summed E-state index contributed by atoms with van der Waals surface area (Å²) in [5, 5.41) is 0. The summed E-state index contributed by atoms with van der Waals surface area (Å²) in [5.41, 5.74) is 6.99. The molecule has 2 unspecified atom stereocenters. The van der Waals surface area contributed by atoms with Gasteiger partial charge in [-0.1, -0.05) is 6.07 Å². The quantitative estimate of drug-likeness (QED) is 0.903. The van der Waals surface area contributed by atoms with E-state index in [1.807, 2.05) is 12.1 Å². The van der Waals surface area contributed by atoms with Gasteiger partial charge in [0.25, 0.3) is 0 Å². The van der Waals surface area contributed by atoms with Crippen molar-refractivity contribution in [3.8, 4) is 0 Å². The number of hydrogen-bond acceptors (Lipinski definition) is 2. The van der Waals surface area contributed by atoms with Crippen molar-refractivity contribution in [1.29, 1.82) is 0 Å². The first-order chi connectivity index (χ1) is 8.54. The van der Waals surface area contributed by atoms with Crippen molar-refractivity contribution in [2.24, 2.45) is 11.7 Å². The molecule has 2 nitrogen and oxygen atoms in total. The van der Waals surface area contributed by atoms with E-state index in [9.17, 15) is 4.39 Å². The molecule has 0 bridgehead atoms. The SMILES string of the molecule is CC(c1ccc(F)c(Br)c1)N(C)C(CN)C1CC1. The first kappa shape index (κ1) is 14.0. The van der Waals surface area contributed by atoms with E-state index in [4.69, 9.17) is 5.73 Å². The Kier molecular flexibility index (Phi) is 4.41. The second kappa shape index (κ2) is 5.68. The third kappa shape index (κ3) is 2.92. The fraction of sp³-hybridized carbons (Fsp3) is 0.571. The molecule has 0 saturated heterocycles. The molecule has 2 rings (SSSR count). The maximum absolute atomic E-state index is 13.2. The fourth-order valence-corrected chi connectivity index (χ4v) is 2.86. The molecule has 2 atom stereocenters. The lowest BCUT2D eigenvalue weighted by Gasteiger charge is -2.33. The zero-order valence-electron chi connectivity index (χ0n) is 10.9. The average Bonchev–Trinajstić information content (AvgIpc) is 3.17. The van der Waals surface area contributed by atoms with Crippen LogP contribution >= 0.6 is 15.9 Å². The topological polar surface area (TPSA) is 29.3 Å². The van der Waals surface area contributed by atoms with Crippen molar-refractivity contribution in [3.05, 3.63) is 34.1 Å². The highest BCUT2D eigenvalue weighted by Crippen LogP contribution is 2.37. The van der Waals surface area contributed by atoms with Crippen LogP contribution in [-0.4, -0.2) is 24.5 Å². The van der Waals surface area contributed by atoms with Crippen LogP contribution in [0.25, 0.3) is 0 Å². The highest BCUT2D eigenvalue weighted by Gasteiger charge is 2.34. The molecule has 100 valence electrons. The summed E-state index contributed by atoms with van der Waals surface area (Å²) in [7, 11) is 2.11. The van der Waals surface area contributed by atoms with Gasteiger partial charge in [-0.05, 0) is 66.4 Å². The van der Waals surface area contributed by atoms with E-state index in [1.165, 1.54) is 18.9 Å². The third-order valence-electron chi connectivity index (χ3n) is 3.97. The lowest BCUT2D eigenvalue weighted by molar-refractivity contribution is 0.170. The highest BCUT2D eigenvalue weighted by molar-refractivity contribution is 9.10. The summed E-state index contributed by atoms with van der Waals surface area (Å²) in [6.45, 7) is 2.83. The first-order valence-electron chi connectivity index (χ1n) is 6.41. The van der Waals surface area contributed by atoms with E-state index >= 15 is 0 Å². The van der Waals surface area contributed by atoms with E-state index < -0.39 is 0 Å². The molecule has 2 N–H and O–H groups in total. The monoisotopic (exact) mass is 314 g/mol. The van der Waals surface area contributed by atoms with Crippen molar-refractivity contribution in [3.63, 3.8) is 0 Å². The summed E-state index contributed by atoms with van der Waals surface area (Å²) >= 11 is 3.24. The van der Waals surface area contributed by atoms with Crippen molar-refractivity contribution in [2.45, 2.75) is 31.8 Å². The smallest absolute Gasteiger partial charge is 0.137 e. The molecule has 1 aromatic rings. The average molecular weight is 315 g/mol. The van der Waals surface area contributed by atoms with Crippen LogP contribution in [-0.2, 0) is 0 Å². The van der Waals surface area contributed by atoms with Gasteiger partial charge in [0.1, 0.15) is 5.82 Å². The van der Waals surface area contributed by atoms with E-state index in [2.05, 4.69) is 34.8 Å². The zero-order valence-corrected chi connectivity index (χ0v) is 12.5. The molecule has 0 heterocycles. The minimum absolute atomic E-state index is 0.217. The normalized spacial score (nSPS) is 19.0. The van der Waals surface area contributed by atoms with Gasteiger partial charge in [-0.15, -0.1) is 0 Å². The third-order valence-corrected chi connectivity index (χ3v) is 4.58. The van der Waals surface area contributed by atoms with Gasteiger partial charge >= 0.3 is 0 Å². The number of nitrogens with zero attached hydrogens (tertiary/aromatic N) is 1. The van der Waals surface area contributed by atoms with Gasteiger partial charge in [-0.2, -0.15) is 0 Å². The molecule has 1 saturated carbocycles. The molecule has 0 aromatic heterocycles. The summed E-state index contributed by atoms with van der Waals surface area (Å²) in [6, 6.07) is 5.90. The molecule has 0 radical (unpaired) electrons. The van der Waals surface area contributed by atoms with Crippen LogP contribution in [0.4, 0.5) is 4.39 Å². The predicted octanol–water partition coefficient (Wildman–Crippen LogP) is 3.32. The number of rotatable bonds is 5. The second-order valence-corrected chi connectivity index (χ2v) is 6.01. The van der Waals surface area contributed by atoms with E-state index in [0.717, 1.165) is 11.5 Å². The van der Waals surface area contributed by atoms with Crippen LogP contribution in [0.1, 0.15) is 31.4 Å². The van der Waals surface area contributed by atoms with Crippen molar-refractivity contribution < 1.29 is 4.39 Å². The number of hydrogen-bond donors (Lipinski definition) is 1. The minimum Gasteiger partial charge on any atom is -0.329 e. The Hall–Kier alpha value is -0.450. The highest BCUT2D eigenvalue weighted by atomic mass is 79.9. The van der Waals surface area contributed by atoms with Crippen molar-refractivity contribution >= 4 is 15.9 Å². The molecule has 0 spiro atoms. The van der Waals surface area contributed by atoms with Crippen LogP contribution in [0.2, 0.25) is 0 Å². The lowest BCUT2D eigenvalue weighted by Crippen LogP contribution is -2.41. The Balaban J connectivity index is 2.13. The molecular formula is C14H20BrFN2. The van der Waals surface area contributed by atoms with Crippen LogP contribution < -0.4 is 5.73 Å².